The van der Waals surface area contributed by atoms with Crippen LogP contribution in [0, 0.1) is 11.3 Å². The van der Waals surface area contributed by atoms with E-state index in [9.17, 15) is 9.59 Å². The van der Waals surface area contributed by atoms with Gasteiger partial charge in [0, 0.05) is 28.8 Å². The number of para-hydroxylation sites is 1. The van der Waals surface area contributed by atoms with E-state index in [1.807, 2.05) is 0 Å². The third kappa shape index (κ3) is 8.45. The van der Waals surface area contributed by atoms with Gasteiger partial charge in [-0.2, -0.15) is 5.26 Å². The summed E-state index contributed by atoms with van der Waals surface area (Å²) in [6.45, 7) is 5.79. The Morgan fingerprint density at radius 1 is 1.30 bits per heavy atom. The van der Waals surface area contributed by atoms with Crippen LogP contribution in [-0.2, 0) is 20.9 Å². The van der Waals surface area contributed by atoms with Gasteiger partial charge in [0.05, 0.1) is 0 Å². The molecule has 1 aromatic carbocycles. The van der Waals surface area contributed by atoms with Gasteiger partial charge in [0.25, 0.3) is 0 Å². The van der Waals surface area contributed by atoms with Crippen LogP contribution in [0.4, 0.5) is 10.5 Å². The van der Waals surface area contributed by atoms with E-state index >= 15 is 0 Å². The number of carbonyl (C=O) groups is 2. The second kappa shape index (κ2) is 10.9. The zero-order valence-corrected chi connectivity index (χ0v) is 17.6. The van der Waals surface area contributed by atoms with E-state index in [-0.39, 0.29) is 18.0 Å². The average molecular weight is 412 g/mol. The summed E-state index contributed by atoms with van der Waals surface area (Å²) >= 11 is 0. The van der Waals surface area contributed by atoms with Crippen LogP contribution in [0.2, 0.25) is 0 Å². The molecule has 0 fully saturated rings. The fourth-order valence-corrected chi connectivity index (χ4v) is 4.41. The lowest BCUT2D eigenvalue weighted by Crippen LogP contribution is -2.45. The largest absolute Gasteiger partial charge is 0.449 e. The number of carbonyl (C=O) groups excluding carboxylic acids is 2. The predicted molar refractivity (Wildman–Crippen MR) is 109 cm³/mol. The van der Waals surface area contributed by atoms with Crippen molar-refractivity contribution in [3.63, 3.8) is 0 Å². The number of likely N-dealkylation sites (N-methyl/N-ethyl adjacent to an activating group) is 1. The molecule has 0 aliphatic rings. The van der Waals surface area contributed by atoms with E-state index in [1.54, 1.807) is 41.1 Å². The molecule has 0 aliphatic heterocycles. The molecule has 1 aromatic rings. The summed E-state index contributed by atoms with van der Waals surface area (Å²) in [4.78, 5) is 25.8. The maximum atomic E-state index is 12.4. The normalized spacial score (nSPS) is 12.0. The minimum Gasteiger partial charge on any atom is -0.449 e. The number of amides is 1. The van der Waals surface area contributed by atoms with E-state index in [2.05, 4.69) is 20.8 Å². The quantitative estimate of drug-likeness (QED) is 0.394. The number of ether oxygens (including phenoxy) is 2. The molecule has 9 heteroatoms. The number of nitrogen functional groups attached to an aromatic ring is 1. The van der Waals surface area contributed by atoms with E-state index in [0.717, 1.165) is 0 Å². The average Bonchev–Trinajstić information content (AvgIpc) is 2.61. The van der Waals surface area contributed by atoms with E-state index in [4.69, 9.17) is 20.5 Å². The van der Waals surface area contributed by atoms with Crippen LogP contribution in [0.25, 0.3) is 0 Å². The van der Waals surface area contributed by atoms with Gasteiger partial charge in [-0.05, 0) is 6.07 Å². The maximum absolute atomic E-state index is 12.4. The van der Waals surface area contributed by atoms with E-state index in [1.165, 1.54) is 22.7 Å². The molecule has 7 nitrogen and oxygen atoms in total. The molecule has 0 radical (unpaired) electrons. The van der Waals surface area contributed by atoms with Crippen molar-refractivity contribution in [3.8, 4) is 6.07 Å². The number of esters is 1. The van der Waals surface area contributed by atoms with Crippen LogP contribution in [0.5, 0.6) is 0 Å². The molecule has 1 amide bonds. The molecule has 2 N–H and O–H groups in total. The fourth-order valence-electron chi connectivity index (χ4n) is 1.85. The first-order chi connectivity index (χ1) is 12.7. The topological polar surface area (TPSA) is 106 Å². The van der Waals surface area contributed by atoms with Crippen LogP contribution in [-0.4, -0.2) is 47.2 Å². The summed E-state index contributed by atoms with van der Waals surface area (Å²) in [6, 6.07) is 7.95. The molecule has 1 unspecified atom stereocenters. The van der Waals surface area contributed by atoms with Crippen molar-refractivity contribution in [1.29, 1.82) is 5.26 Å². The molecule has 1 rings (SSSR count). The number of nitrogens with zero attached hydrogens (tertiary/aromatic N) is 2. The highest BCUT2D eigenvalue weighted by Gasteiger charge is 2.30. The molecule has 1 atom stereocenters. The minimum atomic E-state index is -0.862. The monoisotopic (exact) mass is 411 g/mol. The highest BCUT2D eigenvalue weighted by Crippen LogP contribution is 2.35. The molecule has 0 saturated carbocycles. The van der Waals surface area contributed by atoms with Crippen LogP contribution < -0.4 is 5.73 Å². The summed E-state index contributed by atoms with van der Waals surface area (Å²) in [7, 11) is 4.52. The number of benzene rings is 1. The lowest BCUT2D eigenvalue weighted by molar-refractivity contribution is -0.146. The van der Waals surface area contributed by atoms with Gasteiger partial charge in [0.1, 0.15) is 18.7 Å². The van der Waals surface area contributed by atoms with E-state index in [0.29, 0.717) is 17.0 Å². The zero-order valence-electron chi connectivity index (χ0n) is 15.9. The number of hydrogen-bond acceptors (Lipinski definition) is 8. The smallest absolute Gasteiger partial charge is 0.410 e. The van der Waals surface area contributed by atoms with Gasteiger partial charge in [-0.3, -0.25) is 4.90 Å². The highest BCUT2D eigenvalue weighted by molar-refractivity contribution is 8.77. The van der Waals surface area contributed by atoms with Gasteiger partial charge in [0.2, 0.25) is 0 Å². The Morgan fingerprint density at radius 2 is 1.96 bits per heavy atom. The number of rotatable bonds is 8. The molecule has 0 aliphatic carbocycles. The van der Waals surface area contributed by atoms with Crippen molar-refractivity contribution in [2.24, 2.45) is 0 Å². The van der Waals surface area contributed by atoms with Crippen molar-refractivity contribution < 1.29 is 19.1 Å². The van der Waals surface area contributed by atoms with Crippen LogP contribution in [0.1, 0.15) is 26.3 Å². The Hall–Kier alpha value is -2.05. The summed E-state index contributed by atoms with van der Waals surface area (Å²) < 4.78 is 10.2. The Bertz CT molecular complexity index is 686. The summed E-state index contributed by atoms with van der Waals surface area (Å²) in [5.41, 5.74) is 7.04. The lowest BCUT2D eigenvalue weighted by atomic mass is 10.2. The molecule has 0 aromatic heterocycles. The molecule has 0 saturated heterocycles. The Kier molecular flexibility index (Phi) is 9.32. The van der Waals surface area contributed by atoms with Crippen LogP contribution in [0.3, 0.4) is 0 Å². The first kappa shape index (κ1) is 23.0. The number of nitrogens with two attached hydrogens (primary N) is 1. The second-order valence-electron chi connectivity index (χ2n) is 6.63. The maximum Gasteiger partial charge on any atom is 0.410 e. The Labute approximate surface area is 167 Å². The van der Waals surface area contributed by atoms with Gasteiger partial charge in [-0.1, -0.05) is 60.6 Å². The molecule has 0 spiro atoms. The lowest BCUT2D eigenvalue weighted by Gasteiger charge is -2.26. The molecule has 0 bridgehead atoms. The predicted octanol–water partition coefficient (Wildman–Crippen LogP) is 3.45. The number of anilines is 1. The van der Waals surface area contributed by atoms with Crippen LogP contribution >= 0.6 is 21.6 Å². The van der Waals surface area contributed by atoms with Gasteiger partial charge >= 0.3 is 12.1 Å². The fraction of sp³-hybridized carbons (Fsp3) is 0.500. The summed E-state index contributed by atoms with van der Waals surface area (Å²) in [5.74, 6) is -0.331. The minimum absolute atomic E-state index is 0.000304. The molecular formula is C18H25N3O4S2. The zero-order chi connectivity index (χ0) is 20.4. The SMILES string of the molecule is CN(C(=O)OCc1ccccc1N)C(CSSC(C)(C)C)C(=O)OCC#N. The first-order valence-electron chi connectivity index (χ1n) is 8.23. The van der Waals surface area contributed by atoms with Crippen molar-refractivity contribution >= 4 is 39.3 Å². The molecule has 27 heavy (non-hydrogen) atoms. The van der Waals surface area contributed by atoms with E-state index < -0.39 is 18.1 Å². The van der Waals surface area contributed by atoms with Crippen molar-refractivity contribution in [2.75, 3.05) is 25.1 Å². The number of hydrogen-bond donors (Lipinski definition) is 1. The van der Waals surface area contributed by atoms with Gasteiger partial charge in [-0.25, -0.2) is 9.59 Å². The summed E-state index contributed by atoms with van der Waals surface area (Å²) in [6.07, 6.45) is -0.668. The van der Waals surface area contributed by atoms with Crippen LogP contribution in [0.15, 0.2) is 24.3 Å². The Morgan fingerprint density at radius 3 is 2.56 bits per heavy atom. The molecular weight excluding hydrogens is 386 g/mol. The second-order valence-corrected chi connectivity index (χ2v) is 9.79. The Balaban J connectivity index is 2.73. The van der Waals surface area contributed by atoms with Gasteiger partial charge in [0.15, 0.2) is 6.61 Å². The van der Waals surface area contributed by atoms with Crippen molar-refractivity contribution in [2.45, 2.75) is 38.2 Å². The van der Waals surface area contributed by atoms with Crippen molar-refractivity contribution in [1.82, 2.24) is 4.90 Å². The molecule has 0 heterocycles. The van der Waals surface area contributed by atoms with Gasteiger partial charge in [-0.15, -0.1) is 0 Å². The summed E-state index contributed by atoms with van der Waals surface area (Å²) in [5, 5.41) is 8.61. The standard InChI is InChI=1S/C18H25N3O4S2/c1-18(2,3)27-26-12-15(16(22)24-10-9-19)21(4)17(23)25-11-13-7-5-6-8-14(13)20/h5-8,15H,10-12,20H2,1-4H3. The first-order valence-corrected chi connectivity index (χ1v) is 10.5. The highest BCUT2D eigenvalue weighted by atomic mass is 33.1. The third-order valence-corrected chi connectivity index (χ3v) is 6.58. The molecule has 148 valence electrons. The van der Waals surface area contributed by atoms with Crippen molar-refractivity contribution in [3.05, 3.63) is 29.8 Å². The van der Waals surface area contributed by atoms with Gasteiger partial charge < -0.3 is 15.2 Å². The number of nitriles is 1. The third-order valence-electron chi connectivity index (χ3n) is 3.25.